The first-order valence-corrected chi connectivity index (χ1v) is 6.66. The highest BCUT2D eigenvalue weighted by Gasteiger charge is 2.10. The van der Waals surface area contributed by atoms with Crippen molar-refractivity contribution in [3.63, 3.8) is 0 Å². The summed E-state index contributed by atoms with van der Waals surface area (Å²) < 4.78 is 10.0. The molecular formula is C8H8ClN5OS2. The van der Waals surface area contributed by atoms with Gasteiger partial charge in [-0.15, -0.1) is 0 Å². The first-order valence-electron chi connectivity index (χ1n) is 4.70. The van der Waals surface area contributed by atoms with Crippen LogP contribution in [0.5, 0.6) is 6.01 Å². The highest BCUT2D eigenvalue weighted by atomic mass is 35.5. The van der Waals surface area contributed by atoms with Crippen LogP contribution in [0.2, 0.25) is 5.28 Å². The summed E-state index contributed by atoms with van der Waals surface area (Å²) in [5.41, 5.74) is 0. The van der Waals surface area contributed by atoms with Crippen LogP contribution in [0.4, 0.5) is 0 Å². The van der Waals surface area contributed by atoms with Gasteiger partial charge in [0.1, 0.15) is 5.82 Å². The van der Waals surface area contributed by atoms with Crippen molar-refractivity contribution in [3.8, 4) is 6.01 Å². The summed E-state index contributed by atoms with van der Waals surface area (Å²) in [4.78, 5) is 16.1. The molecule has 17 heavy (non-hydrogen) atoms. The summed E-state index contributed by atoms with van der Waals surface area (Å²) in [6, 6.07) is 0.219. The van der Waals surface area contributed by atoms with Gasteiger partial charge in [0.15, 0.2) is 4.34 Å². The second-order valence-corrected chi connectivity index (χ2v) is 5.12. The van der Waals surface area contributed by atoms with Crippen molar-refractivity contribution in [2.45, 2.75) is 23.3 Å². The van der Waals surface area contributed by atoms with Gasteiger partial charge in [-0.05, 0) is 48.7 Å². The molecule has 2 rings (SSSR count). The SMILES string of the molecule is CCOc1nc(Cl)nc(Sc2nc(C)ns2)n1. The van der Waals surface area contributed by atoms with E-state index in [4.69, 9.17) is 16.3 Å². The van der Waals surface area contributed by atoms with Gasteiger partial charge in [0.2, 0.25) is 10.4 Å². The third-order valence-corrected chi connectivity index (χ3v) is 3.40. The van der Waals surface area contributed by atoms with Gasteiger partial charge < -0.3 is 4.74 Å². The number of nitrogens with zero attached hydrogens (tertiary/aromatic N) is 5. The van der Waals surface area contributed by atoms with Gasteiger partial charge >= 0.3 is 6.01 Å². The predicted octanol–water partition coefficient (Wildman–Crippen LogP) is 2.23. The van der Waals surface area contributed by atoms with Crippen molar-refractivity contribution in [1.29, 1.82) is 0 Å². The first-order chi connectivity index (χ1) is 8.17. The van der Waals surface area contributed by atoms with E-state index in [0.29, 0.717) is 11.8 Å². The molecule has 2 aromatic heterocycles. The number of ether oxygens (including phenoxy) is 1. The third kappa shape index (κ3) is 3.48. The zero-order chi connectivity index (χ0) is 12.3. The van der Waals surface area contributed by atoms with Crippen molar-refractivity contribution in [3.05, 3.63) is 11.1 Å². The van der Waals surface area contributed by atoms with Crippen molar-refractivity contribution in [2.24, 2.45) is 0 Å². The summed E-state index contributed by atoms with van der Waals surface area (Å²) in [5, 5.41) is 0.553. The second-order valence-electron chi connectivity index (χ2n) is 2.81. The van der Waals surface area contributed by atoms with Crippen molar-refractivity contribution >= 4 is 34.9 Å². The van der Waals surface area contributed by atoms with Crippen LogP contribution in [0.3, 0.4) is 0 Å². The summed E-state index contributed by atoms with van der Waals surface area (Å²) in [6.07, 6.45) is 0. The molecule has 0 aromatic carbocycles. The molecule has 0 aliphatic heterocycles. The van der Waals surface area contributed by atoms with Crippen LogP contribution in [0.1, 0.15) is 12.7 Å². The molecule has 2 heterocycles. The van der Waals surface area contributed by atoms with Crippen LogP contribution in [-0.4, -0.2) is 30.9 Å². The Kier molecular flexibility index (Phi) is 4.08. The zero-order valence-electron chi connectivity index (χ0n) is 9.05. The lowest BCUT2D eigenvalue weighted by atomic mass is 10.8. The maximum absolute atomic E-state index is 5.77. The fourth-order valence-corrected chi connectivity index (χ4v) is 2.65. The molecule has 90 valence electrons. The largest absolute Gasteiger partial charge is 0.464 e. The van der Waals surface area contributed by atoms with E-state index in [1.165, 1.54) is 23.3 Å². The van der Waals surface area contributed by atoms with E-state index in [-0.39, 0.29) is 11.3 Å². The second kappa shape index (κ2) is 5.56. The Hall–Kier alpha value is -0.990. The number of hydrogen-bond acceptors (Lipinski definition) is 8. The van der Waals surface area contributed by atoms with E-state index in [0.717, 1.165) is 10.2 Å². The number of rotatable bonds is 4. The summed E-state index contributed by atoms with van der Waals surface area (Å²) in [7, 11) is 0. The molecule has 0 radical (unpaired) electrons. The molecule has 0 spiro atoms. The highest BCUT2D eigenvalue weighted by Crippen LogP contribution is 2.27. The molecular weight excluding hydrogens is 282 g/mol. The fourth-order valence-electron chi connectivity index (χ4n) is 0.952. The normalized spacial score (nSPS) is 10.5. The van der Waals surface area contributed by atoms with Gasteiger partial charge in [0, 0.05) is 0 Å². The molecule has 0 atom stereocenters. The van der Waals surface area contributed by atoms with E-state index in [1.54, 1.807) is 0 Å². The van der Waals surface area contributed by atoms with Crippen LogP contribution in [0, 0.1) is 6.92 Å². The maximum atomic E-state index is 5.77. The van der Waals surface area contributed by atoms with E-state index in [9.17, 15) is 0 Å². The molecule has 2 aromatic rings. The average molecular weight is 290 g/mol. The Morgan fingerprint density at radius 2 is 2.12 bits per heavy atom. The van der Waals surface area contributed by atoms with Crippen LogP contribution >= 0.6 is 34.9 Å². The van der Waals surface area contributed by atoms with Gasteiger partial charge in [-0.1, -0.05) is 0 Å². The minimum absolute atomic E-state index is 0.104. The van der Waals surface area contributed by atoms with Gasteiger partial charge in [0.05, 0.1) is 6.61 Å². The smallest absolute Gasteiger partial charge is 0.321 e. The minimum Gasteiger partial charge on any atom is -0.464 e. The topological polar surface area (TPSA) is 73.7 Å². The summed E-state index contributed by atoms with van der Waals surface area (Å²) in [5.74, 6) is 0.725. The van der Waals surface area contributed by atoms with E-state index in [1.807, 2.05) is 13.8 Å². The number of aromatic nitrogens is 5. The third-order valence-electron chi connectivity index (χ3n) is 1.53. The average Bonchev–Trinajstić information content (AvgIpc) is 2.63. The Bertz CT molecular complexity index is 520. The predicted molar refractivity (Wildman–Crippen MR) is 64.8 cm³/mol. The lowest BCUT2D eigenvalue weighted by Crippen LogP contribution is -2.00. The Morgan fingerprint density at radius 1 is 1.29 bits per heavy atom. The molecule has 0 aliphatic carbocycles. The van der Waals surface area contributed by atoms with E-state index < -0.39 is 0 Å². The molecule has 0 fully saturated rings. The van der Waals surface area contributed by atoms with E-state index in [2.05, 4.69) is 24.3 Å². The quantitative estimate of drug-likeness (QED) is 0.854. The first kappa shape index (κ1) is 12.5. The molecule has 6 nitrogen and oxygen atoms in total. The zero-order valence-corrected chi connectivity index (χ0v) is 11.4. The number of hydrogen-bond donors (Lipinski definition) is 0. The monoisotopic (exact) mass is 289 g/mol. The lowest BCUT2D eigenvalue weighted by molar-refractivity contribution is 0.307. The molecule has 0 N–H and O–H groups in total. The van der Waals surface area contributed by atoms with Crippen LogP contribution < -0.4 is 4.74 Å². The molecule has 0 amide bonds. The van der Waals surface area contributed by atoms with Crippen molar-refractivity contribution in [1.82, 2.24) is 24.3 Å². The van der Waals surface area contributed by atoms with Gasteiger partial charge in [0.25, 0.3) is 0 Å². The molecule has 0 saturated heterocycles. The minimum atomic E-state index is 0.104. The Morgan fingerprint density at radius 3 is 2.76 bits per heavy atom. The van der Waals surface area contributed by atoms with Crippen molar-refractivity contribution in [2.75, 3.05) is 6.61 Å². The fraction of sp³-hybridized carbons (Fsp3) is 0.375. The van der Waals surface area contributed by atoms with Gasteiger partial charge in [-0.2, -0.15) is 19.3 Å². The van der Waals surface area contributed by atoms with Crippen molar-refractivity contribution < 1.29 is 4.74 Å². The molecule has 9 heteroatoms. The number of halogens is 1. The molecule has 0 bridgehead atoms. The van der Waals surface area contributed by atoms with Gasteiger partial charge in [-0.25, -0.2) is 4.98 Å². The standard InChI is InChI=1S/C8H8ClN5OS2/c1-3-15-6-11-5(9)12-7(13-6)16-8-10-4(2)14-17-8/h3H2,1-2H3. The van der Waals surface area contributed by atoms with E-state index >= 15 is 0 Å². The lowest BCUT2D eigenvalue weighted by Gasteiger charge is -2.02. The summed E-state index contributed by atoms with van der Waals surface area (Å²) >= 11 is 8.34. The van der Waals surface area contributed by atoms with Gasteiger partial charge in [-0.3, -0.25) is 0 Å². The highest BCUT2D eigenvalue weighted by molar-refractivity contribution is 8.00. The molecule has 0 unspecified atom stereocenters. The summed E-state index contributed by atoms with van der Waals surface area (Å²) in [6.45, 7) is 4.15. The van der Waals surface area contributed by atoms with Crippen LogP contribution in [0.25, 0.3) is 0 Å². The number of aryl methyl sites for hydroxylation is 1. The Balaban J connectivity index is 2.20. The Labute approximate surface area is 111 Å². The molecule has 0 saturated carbocycles. The molecule has 0 aliphatic rings. The van der Waals surface area contributed by atoms with Crippen LogP contribution in [0.15, 0.2) is 9.50 Å². The van der Waals surface area contributed by atoms with Crippen LogP contribution in [-0.2, 0) is 0 Å². The maximum Gasteiger partial charge on any atom is 0.321 e.